The van der Waals surface area contributed by atoms with Crippen molar-refractivity contribution in [3.8, 4) is 0 Å². The predicted octanol–water partition coefficient (Wildman–Crippen LogP) is 5.98. The molecule has 0 atom stereocenters. The number of hydrogen-bond donors (Lipinski definition) is 0. The van der Waals surface area contributed by atoms with Gasteiger partial charge in [-0.3, -0.25) is 0 Å². The van der Waals surface area contributed by atoms with E-state index in [0.29, 0.717) is 0 Å². The molecule has 0 unspecified atom stereocenters. The predicted molar refractivity (Wildman–Crippen MR) is 80.2 cm³/mol. The SMILES string of the molecule is C=CCCCC=CCCCC=CCCCC=C. The maximum absolute atomic E-state index is 3.72. The average molecular weight is 232 g/mol. The highest BCUT2D eigenvalue weighted by Crippen LogP contribution is 2.03. The summed E-state index contributed by atoms with van der Waals surface area (Å²) >= 11 is 0. The van der Waals surface area contributed by atoms with Crippen molar-refractivity contribution in [2.24, 2.45) is 0 Å². The van der Waals surface area contributed by atoms with Gasteiger partial charge >= 0.3 is 0 Å². The summed E-state index contributed by atoms with van der Waals surface area (Å²) in [5.74, 6) is 0. The van der Waals surface area contributed by atoms with Crippen LogP contribution in [0.25, 0.3) is 0 Å². The second-order valence-corrected chi connectivity index (χ2v) is 4.31. The van der Waals surface area contributed by atoms with Gasteiger partial charge in [0.1, 0.15) is 0 Å². The van der Waals surface area contributed by atoms with Crippen molar-refractivity contribution in [2.45, 2.75) is 57.8 Å². The Kier molecular flexibility index (Phi) is 14.0. The standard InChI is InChI=1S/C17H28/c1-3-5-7-9-11-13-15-17-16-14-12-10-8-6-4-2/h3-4,11-14H,1-2,5-10,15-17H2. The molecule has 0 nitrogen and oxygen atoms in total. The highest BCUT2D eigenvalue weighted by molar-refractivity contribution is 4.86. The van der Waals surface area contributed by atoms with Gasteiger partial charge in [-0.1, -0.05) is 36.5 Å². The molecule has 0 aliphatic carbocycles. The summed E-state index contributed by atoms with van der Waals surface area (Å²) in [6.45, 7) is 7.44. The Bertz CT molecular complexity index is 196. The van der Waals surface area contributed by atoms with E-state index in [0.717, 1.165) is 12.8 Å². The molecule has 0 heteroatoms. The van der Waals surface area contributed by atoms with Crippen molar-refractivity contribution in [2.75, 3.05) is 0 Å². The molecule has 0 fully saturated rings. The van der Waals surface area contributed by atoms with Gasteiger partial charge in [0.2, 0.25) is 0 Å². The van der Waals surface area contributed by atoms with Crippen LogP contribution in [-0.2, 0) is 0 Å². The molecule has 0 rings (SSSR count). The number of unbranched alkanes of at least 4 members (excludes halogenated alkanes) is 6. The van der Waals surface area contributed by atoms with Crippen molar-refractivity contribution in [1.29, 1.82) is 0 Å². The molecule has 0 N–H and O–H groups in total. The summed E-state index contributed by atoms with van der Waals surface area (Å²) in [6.07, 6.45) is 24.1. The Balaban J connectivity index is 3.16. The first-order valence-corrected chi connectivity index (χ1v) is 6.93. The minimum Gasteiger partial charge on any atom is -0.103 e. The van der Waals surface area contributed by atoms with Crippen molar-refractivity contribution < 1.29 is 0 Å². The van der Waals surface area contributed by atoms with E-state index >= 15 is 0 Å². The quantitative estimate of drug-likeness (QED) is 0.287. The summed E-state index contributed by atoms with van der Waals surface area (Å²) in [4.78, 5) is 0. The van der Waals surface area contributed by atoms with E-state index < -0.39 is 0 Å². The normalized spacial score (nSPS) is 11.3. The van der Waals surface area contributed by atoms with Crippen LogP contribution in [0.5, 0.6) is 0 Å². The first kappa shape index (κ1) is 16.0. The summed E-state index contributed by atoms with van der Waals surface area (Å²) in [6, 6.07) is 0. The lowest BCUT2D eigenvalue weighted by molar-refractivity contribution is 0.831. The highest BCUT2D eigenvalue weighted by atomic mass is 13.9. The lowest BCUT2D eigenvalue weighted by Gasteiger charge is -1.92. The second kappa shape index (κ2) is 15.0. The fourth-order valence-corrected chi connectivity index (χ4v) is 1.59. The molecule has 0 saturated carbocycles. The van der Waals surface area contributed by atoms with Crippen LogP contribution in [0.3, 0.4) is 0 Å². The molecule has 0 heterocycles. The molecule has 0 saturated heterocycles. The maximum Gasteiger partial charge on any atom is -0.0348 e. The molecule has 0 radical (unpaired) electrons. The van der Waals surface area contributed by atoms with E-state index in [1.807, 2.05) is 12.2 Å². The van der Waals surface area contributed by atoms with Gasteiger partial charge in [0, 0.05) is 0 Å². The van der Waals surface area contributed by atoms with Crippen LogP contribution >= 0.6 is 0 Å². The molecule has 0 aromatic carbocycles. The highest BCUT2D eigenvalue weighted by Gasteiger charge is 1.83. The number of hydrogen-bond acceptors (Lipinski definition) is 0. The third kappa shape index (κ3) is 15.0. The zero-order valence-electron chi connectivity index (χ0n) is 11.2. The van der Waals surface area contributed by atoms with Crippen LogP contribution in [0.4, 0.5) is 0 Å². The summed E-state index contributed by atoms with van der Waals surface area (Å²) in [5.41, 5.74) is 0. The first-order chi connectivity index (χ1) is 8.41. The third-order valence-corrected chi connectivity index (χ3v) is 2.63. The molecular formula is C17H28. The lowest BCUT2D eigenvalue weighted by Crippen LogP contribution is -1.72. The van der Waals surface area contributed by atoms with Crippen molar-refractivity contribution >= 4 is 0 Å². The molecule has 0 aliphatic rings. The summed E-state index contributed by atoms with van der Waals surface area (Å²) in [5, 5.41) is 0. The fraction of sp³-hybridized carbons (Fsp3) is 0.529. The number of rotatable bonds is 12. The molecular weight excluding hydrogens is 204 g/mol. The van der Waals surface area contributed by atoms with E-state index in [-0.39, 0.29) is 0 Å². The minimum absolute atomic E-state index is 1.14. The monoisotopic (exact) mass is 232 g/mol. The van der Waals surface area contributed by atoms with E-state index in [9.17, 15) is 0 Å². The zero-order valence-corrected chi connectivity index (χ0v) is 11.2. The largest absolute Gasteiger partial charge is 0.103 e. The van der Waals surface area contributed by atoms with Gasteiger partial charge in [-0.25, -0.2) is 0 Å². The molecule has 17 heavy (non-hydrogen) atoms. The first-order valence-electron chi connectivity index (χ1n) is 6.93. The van der Waals surface area contributed by atoms with Crippen molar-refractivity contribution in [3.05, 3.63) is 49.6 Å². The van der Waals surface area contributed by atoms with Crippen LogP contribution in [0.2, 0.25) is 0 Å². The summed E-state index contributed by atoms with van der Waals surface area (Å²) in [7, 11) is 0. The molecule has 96 valence electrons. The van der Waals surface area contributed by atoms with E-state index in [4.69, 9.17) is 0 Å². The lowest BCUT2D eigenvalue weighted by atomic mass is 10.1. The fourth-order valence-electron chi connectivity index (χ4n) is 1.59. The third-order valence-electron chi connectivity index (χ3n) is 2.63. The van der Waals surface area contributed by atoms with Gasteiger partial charge in [-0.15, -0.1) is 13.2 Å². The van der Waals surface area contributed by atoms with Gasteiger partial charge in [-0.05, 0) is 57.8 Å². The van der Waals surface area contributed by atoms with Gasteiger partial charge in [0.05, 0.1) is 0 Å². The van der Waals surface area contributed by atoms with Crippen LogP contribution in [0.15, 0.2) is 49.6 Å². The van der Waals surface area contributed by atoms with Gasteiger partial charge < -0.3 is 0 Å². The van der Waals surface area contributed by atoms with Gasteiger partial charge in [0.15, 0.2) is 0 Å². The topological polar surface area (TPSA) is 0 Å². The Hall–Kier alpha value is -1.04. The molecule has 0 bridgehead atoms. The molecule has 0 amide bonds. The van der Waals surface area contributed by atoms with Gasteiger partial charge in [0.25, 0.3) is 0 Å². The Morgan fingerprint density at radius 3 is 1.06 bits per heavy atom. The van der Waals surface area contributed by atoms with Crippen LogP contribution in [0.1, 0.15) is 57.8 Å². The molecule has 0 aromatic rings. The summed E-state index contributed by atoms with van der Waals surface area (Å²) < 4.78 is 0. The van der Waals surface area contributed by atoms with Crippen molar-refractivity contribution in [3.63, 3.8) is 0 Å². The second-order valence-electron chi connectivity index (χ2n) is 4.31. The Labute approximate surface area is 108 Å². The average Bonchev–Trinajstić information content (AvgIpc) is 2.35. The van der Waals surface area contributed by atoms with E-state index in [1.165, 1.54) is 44.9 Å². The molecule has 0 aliphatic heterocycles. The maximum atomic E-state index is 3.72. The van der Waals surface area contributed by atoms with Crippen LogP contribution < -0.4 is 0 Å². The van der Waals surface area contributed by atoms with Gasteiger partial charge in [-0.2, -0.15) is 0 Å². The Morgan fingerprint density at radius 1 is 0.471 bits per heavy atom. The van der Waals surface area contributed by atoms with Crippen LogP contribution in [-0.4, -0.2) is 0 Å². The minimum atomic E-state index is 1.14. The molecule has 0 spiro atoms. The smallest absolute Gasteiger partial charge is 0.0348 e. The van der Waals surface area contributed by atoms with E-state index in [1.54, 1.807) is 0 Å². The molecule has 0 aromatic heterocycles. The zero-order chi connectivity index (χ0) is 12.6. The Morgan fingerprint density at radius 2 is 0.765 bits per heavy atom. The number of allylic oxidation sites excluding steroid dienone is 6. The van der Waals surface area contributed by atoms with Crippen molar-refractivity contribution in [1.82, 2.24) is 0 Å². The van der Waals surface area contributed by atoms with Crippen LogP contribution in [0, 0.1) is 0 Å². The van der Waals surface area contributed by atoms with E-state index in [2.05, 4.69) is 37.5 Å².